The van der Waals surface area contributed by atoms with Crippen LogP contribution in [0.2, 0.25) is 0 Å². The predicted octanol–water partition coefficient (Wildman–Crippen LogP) is -0.984. The summed E-state index contributed by atoms with van der Waals surface area (Å²) in [5.41, 5.74) is 10.9. The molecular weight excluding hydrogens is 694 g/mol. The third-order valence-corrected chi connectivity index (χ3v) is 8.62. The molecule has 0 saturated carbocycles. The molecule has 1 amide bonds. The van der Waals surface area contributed by atoms with E-state index >= 15 is 0 Å². The summed E-state index contributed by atoms with van der Waals surface area (Å²) < 4.78 is 70.3. The number of nitrogens with zero attached hydrogens (tertiary/aromatic N) is 3. The average molecular weight is 719 g/mol. The number of aryl methyl sites for hydroxylation is 2. The van der Waals surface area contributed by atoms with Gasteiger partial charge in [0.2, 0.25) is 5.78 Å². The van der Waals surface area contributed by atoms with Gasteiger partial charge in [0, 0.05) is 22.5 Å². The van der Waals surface area contributed by atoms with Crippen LogP contribution in [0.15, 0.2) is 104 Å². The number of rotatable bonds is 8. The van der Waals surface area contributed by atoms with Gasteiger partial charge in [0.25, 0.3) is 5.91 Å². The summed E-state index contributed by atoms with van der Waals surface area (Å²) in [5.74, 6) is -1.32. The van der Waals surface area contributed by atoms with E-state index in [0.717, 1.165) is 12.1 Å². The maximum atomic E-state index is 13.4. The fourth-order valence-electron chi connectivity index (χ4n) is 4.55. The molecule has 0 unspecified atom stereocenters. The van der Waals surface area contributed by atoms with Gasteiger partial charge in [0.05, 0.1) is 26.9 Å². The van der Waals surface area contributed by atoms with Gasteiger partial charge in [0.1, 0.15) is 25.9 Å². The number of nitrogens with two attached hydrogens (primary N) is 1. The van der Waals surface area contributed by atoms with Crippen molar-refractivity contribution in [2.24, 2.45) is 15.3 Å². The first-order valence-corrected chi connectivity index (χ1v) is 16.4. The number of benzene rings is 4. The second-order valence-electron chi connectivity index (χ2n) is 10.3. The number of anilines is 3. The molecule has 0 heterocycles. The van der Waals surface area contributed by atoms with Gasteiger partial charge in [-0.2, -0.15) is 15.3 Å². The fourth-order valence-corrected chi connectivity index (χ4v) is 5.76. The van der Waals surface area contributed by atoms with E-state index in [1.54, 1.807) is 50.2 Å². The number of Topliss-reactive ketones (excluding diaryl/α,β-unsaturated/α-hetero) is 1. The molecule has 5 rings (SSSR count). The van der Waals surface area contributed by atoms with E-state index in [0.29, 0.717) is 33.9 Å². The average Bonchev–Trinajstić information content (AvgIpc) is 2.99. The molecule has 0 aromatic heterocycles. The first kappa shape index (κ1) is 39.9. The van der Waals surface area contributed by atoms with Crippen LogP contribution in [-0.4, -0.2) is 43.3 Å². The molecule has 4 N–H and O–H groups in total. The molecule has 0 radical (unpaired) electrons. The molecular formula is C31H24N6Na2O8S2. The van der Waals surface area contributed by atoms with Gasteiger partial charge in [0.15, 0.2) is 0 Å². The molecule has 0 spiro atoms. The van der Waals surface area contributed by atoms with Gasteiger partial charge in [-0.05, 0) is 109 Å². The van der Waals surface area contributed by atoms with E-state index in [-0.39, 0.29) is 86.4 Å². The van der Waals surface area contributed by atoms with Crippen molar-refractivity contribution < 1.29 is 94.6 Å². The Morgan fingerprint density at radius 2 is 1.55 bits per heavy atom. The van der Waals surface area contributed by atoms with Crippen molar-refractivity contribution >= 4 is 72.2 Å². The fraction of sp³-hybridized carbons (Fsp3) is 0.0645. The van der Waals surface area contributed by atoms with E-state index in [1.807, 2.05) is 0 Å². The minimum absolute atomic E-state index is 0. The Bertz CT molecular complexity index is 2290. The molecule has 0 aliphatic heterocycles. The molecule has 14 nitrogen and oxygen atoms in total. The van der Waals surface area contributed by atoms with Crippen molar-refractivity contribution in [3.63, 3.8) is 0 Å². The summed E-state index contributed by atoms with van der Waals surface area (Å²) in [4.78, 5) is 24.8. The number of ketones is 1. The van der Waals surface area contributed by atoms with Crippen molar-refractivity contribution in [1.82, 2.24) is 0 Å². The van der Waals surface area contributed by atoms with Crippen LogP contribution in [0.1, 0.15) is 37.4 Å². The van der Waals surface area contributed by atoms with Gasteiger partial charge >= 0.3 is 59.1 Å². The van der Waals surface area contributed by atoms with Crippen LogP contribution in [0.5, 0.6) is 0 Å². The van der Waals surface area contributed by atoms with Gasteiger partial charge in [-0.1, -0.05) is 6.07 Å². The van der Waals surface area contributed by atoms with Crippen LogP contribution in [0.25, 0.3) is 6.08 Å². The van der Waals surface area contributed by atoms with Crippen molar-refractivity contribution in [3.05, 3.63) is 112 Å². The number of allylic oxidation sites excluding steroid dienone is 1. The summed E-state index contributed by atoms with van der Waals surface area (Å²) in [7, 11) is -9.77. The van der Waals surface area contributed by atoms with Gasteiger partial charge < -0.3 is 20.2 Å². The molecule has 4 aromatic carbocycles. The second-order valence-corrected chi connectivity index (χ2v) is 13.1. The first-order valence-electron chi connectivity index (χ1n) is 13.6. The van der Waals surface area contributed by atoms with Crippen LogP contribution < -0.4 is 75.6 Å². The summed E-state index contributed by atoms with van der Waals surface area (Å²) in [5, 5.41) is 14.9. The SMILES string of the molecule is Cc1cc(S(=O)(=O)[O-])ccc1N=Nc1ccc(N/N=C2/C(=O)c3ccc(NC(=O)c4cccc(N)c4)cc3C=C2S(=O)(=O)[O-])c(C)c1.[Na+].[Na+]. The molecule has 0 atom stereocenters. The quantitative estimate of drug-likeness (QED) is 0.0662. The molecule has 0 saturated heterocycles. The third-order valence-electron chi connectivity index (χ3n) is 6.94. The number of carbonyl (C=O) groups is 2. The van der Waals surface area contributed by atoms with E-state index in [9.17, 15) is 35.5 Å². The molecule has 240 valence electrons. The van der Waals surface area contributed by atoms with Crippen LogP contribution >= 0.6 is 0 Å². The normalized spacial score (nSPS) is 13.6. The Hall–Kier alpha value is -3.55. The second kappa shape index (κ2) is 16.0. The third kappa shape index (κ3) is 9.58. The minimum atomic E-state index is -5.16. The number of carbonyl (C=O) groups excluding carboxylic acids is 2. The van der Waals surface area contributed by atoms with Gasteiger partial charge in [-0.3, -0.25) is 15.0 Å². The molecule has 1 aliphatic carbocycles. The number of nitrogen functional groups attached to an aromatic ring is 1. The summed E-state index contributed by atoms with van der Waals surface area (Å²) >= 11 is 0. The molecule has 18 heteroatoms. The Labute approximate surface area is 326 Å². The van der Waals surface area contributed by atoms with Crippen molar-refractivity contribution in [3.8, 4) is 0 Å². The molecule has 0 bridgehead atoms. The summed E-state index contributed by atoms with van der Waals surface area (Å²) in [6, 6.07) is 18.8. The Kier molecular flexibility index (Phi) is 13.0. The molecule has 4 aromatic rings. The summed E-state index contributed by atoms with van der Waals surface area (Å²) in [6.07, 6.45) is 1.02. The van der Waals surface area contributed by atoms with Crippen molar-refractivity contribution in [2.75, 3.05) is 16.5 Å². The predicted molar refractivity (Wildman–Crippen MR) is 173 cm³/mol. The van der Waals surface area contributed by atoms with Gasteiger partial charge in [-0.25, -0.2) is 16.8 Å². The number of nitrogens with one attached hydrogen (secondary N) is 2. The Morgan fingerprint density at radius 1 is 0.816 bits per heavy atom. The van der Waals surface area contributed by atoms with Crippen LogP contribution in [0, 0.1) is 13.8 Å². The molecule has 1 aliphatic rings. The van der Waals surface area contributed by atoms with E-state index in [4.69, 9.17) is 5.73 Å². The summed E-state index contributed by atoms with van der Waals surface area (Å²) in [6.45, 7) is 3.26. The first-order chi connectivity index (χ1) is 22.1. The van der Waals surface area contributed by atoms with Crippen LogP contribution in [0.4, 0.5) is 28.4 Å². The minimum Gasteiger partial charge on any atom is -0.744 e. The molecule has 49 heavy (non-hydrogen) atoms. The number of hydrogen-bond donors (Lipinski definition) is 3. The molecule has 0 fully saturated rings. The number of hydrazone groups is 1. The number of amides is 1. The van der Waals surface area contributed by atoms with Crippen LogP contribution in [-0.2, 0) is 20.2 Å². The standard InChI is InChI=1S/C31H26N6O8S2.2Na/c1-17-12-23(34-35-27-11-8-24(13-18(27)2)46(40,41)42)7-10-26(17)36-37-29-28(47(43,44)45)16-20-15-22(6-9-25(20)30(29)38)33-31(39)19-4-3-5-21(32)14-19;;/h3-16,36H,32H2,1-2H3,(H,33,39)(H,40,41,42)(H,43,44,45);;/q;2*+1/p-2/b35-34?,37-29+;;. The maximum Gasteiger partial charge on any atom is 1.00 e. The van der Waals surface area contributed by atoms with Crippen LogP contribution in [0.3, 0.4) is 0 Å². The Morgan fingerprint density at radius 3 is 2.18 bits per heavy atom. The zero-order chi connectivity index (χ0) is 34.1. The maximum absolute atomic E-state index is 13.4. The topological polar surface area (TPSA) is 236 Å². The van der Waals surface area contributed by atoms with Crippen molar-refractivity contribution in [2.45, 2.75) is 18.7 Å². The van der Waals surface area contributed by atoms with E-state index in [2.05, 4.69) is 26.1 Å². The number of azo groups is 1. The number of hydrogen-bond acceptors (Lipinski definition) is 13. The monoisotopic (exact) mass is 718 g/mol. The Balaban J connectivity index is 0.00000325. The smallest absolute Gasteiger partial charge is 0.744 e. The van der Waals surface area contributed by atoms with Crippen molar-refractivity contribution in [1.29, 1.82) is 0 Å². The van der Waals surface area contributed by atoms with E-state index < -0.39 is 42.5 Å². The zero-order valence-electron chi connectivity index (χ0n) is 26.6. The zero-order valence-corrected chi connectivity index (χ0v) is 32.2. The largest absolute Gasteiger partial charge is 1.00 e. The van der Waals surface area contributed by atoms with E-state index in [1.165, 1.54) is 36.4 Å². The number of fused-ring (bicyclic) bond motifs is 1. The van der Waals surface area contributed by atoms with Gasteiger partial charge in [-0.15, -0.1) is 0 Å².